The molecule has 0 fully saturated rings. The molecule has 4 heteroatoms. The maximum Gasteiger partial charge on any atom is 0.0502 e. The van der Waals surface area contributed by atoms with Crippen LogP contribution < -0.4 is 5.32 Å². The van der Waals surface area contributed by atoms with E-state index in [-0.39, 0.29) is 0 Å². The third kappa shape index (κ3) is 3.79. The highest BCUT2D eigenvalue weighted by atomic mass is 35.5. The predicted molar refractivity (Wildman–Crippen MR) is 91.0 cm³/mol. The molecule has 0 spiro atoms. The fourth-order valence-corrected chi connectivity index (χ4v) is 4.06. The molecule has 1 aliphatic rings. The Bertz CT molecular complexity index is 601. The number of rotatable bonds is 4. The van der Waals surface area contributed by atoms with E-state index in [1.807, 2.05) is 30.1 Å². The summed E-state index contributed by atoms with van der Waals surface area (Å²) in [7, 11) is 0. The fourth-order valence-electron chi connectivity index (χ4n) is 2.72. The van der Waals surface area contributed by atoms with Crippen molar-refractivity contribution in [1.29, 1.82) is 0 Å². The highest BCUT2D eigenvalue weighted by molar-refractivity contribution is 7.97. The standard InChI is InChI=1S/C17H19ClN2S/c18-17-5-4-13-6-9-19-10-7-15(13)16(17)12-21-11-14-3-1-2-8-20-14/h1-5,8,19H,6-7,9-12H2. The second-order valence-electron chi connectivity index (χ2n) is 5.23. The van der Waals surface area contributed by atoms with Gasteiger partial charge in [0.25, 0.3) is 0 Å². The summed E-state index contributed by atoms with van der Waals surface area (Å²) in [4.78, 5) is 4.37. The maximum atomic E-state index is 6.45. The highest BCUT2D eigenvalue weighted by Gasteiger charge is 2.14. The minimum absolute atomic E-state index is 0.907. The van der Waals surface area contributed by atoms with Crippen molar-refractivity contribution in [3.8, 4) is 0 Å². The van der Waals surface area contributed by atoms with Gasteiger partial charge in [0, 0.05) is 22.7 Å². The third-order valence-corrected chi connectivity index (χ3v) is 5.16. The zero-order valence-electron chi connectivity index (χ0n) is 11.9. The lowest BCUT2D eigenvalue weighted by Gasteiger charge is -2.14. The van der Waals surface area contributed by atoms with E-state index in [1.54, 1.807) is 0 Å². The molecule has 0 unspecified atom stereocenters. The van der Waals surface area contributed by atoms with E-state index >= 15 is 0 Å². The summed E-state index contributed by atoms with van der Waals surface area (Å²) >= 11 is 8.33. The number of benzene rings is 1. The highest BCUT2D eigenvalue weighted by Crippen LogP contribution is 2.30. The van der Waals surface area contributed by atoms with Crippen molar-refractivity contribution in [2.24, 2.45) is 0 Å². The zero-order valence-corrected chi connectivity index (χ0v) is 13.5. The van der Waals surface area contributed by atoms with Crippen LogP contribution in [0.2, 0.25) is 5.02 Å². The lowest BCUT2D eigenvalue weighted by Crippen LogP contribution is -2.16. The van der Waals surface area contributed by atoms with E-state index in [9.17, 15) is 0 Å². The van der Waals surface area contributed by atoms with Crippen LogP contribution in [-0.2, 0) is 24.3 Å². The molecule has 0 saturated heterocycles. The van der Waals surface area contributed by atoms with Crippen LogP contribution in [0.3, 0.4) is 0 Å². The number of halogens is 1. The second-order valence-corrected chi connectivity index (χ2v) is 6.62. The minimum Gasteiger partial charge on any atom is -0.316 e. The van der Waals surface area contributed by atoms with Crippen LogP contribution >= 0.6 is 23.4 Å². The number of fused-ring (bicyclic) bond motifs is 1. The molecular weight excluding hydrogens is 300 g/mol. The Labute approximate surface area is 135 Å². The van der Waals surface area contributed by atoms with E-state index in [4.69, 9.17) is 11.6 Å². The molecule has 0 aliphatic carbocycles. The molecule has 2 aromatic rings. The van der Waals surface area contributed by atoms with Gasteiger partial charge in [0.15, 0.2) is 0 Å². The Morgan fingerprint density at radius 2 is 2.00 bits per heavy atom. The molecule has 1 aliphatic heterocycles. The molecule has 1 N–H and O–H groups in total. The number of aromatic nitrogens is 1. The van der Waals surface area contributed by atoms with Crippen molar-refractivity contribution in [3.63, 3.8) is 0 Å². The fraction of sp³-hybridized carbons (Fsp3) is 0.353. The van der Waals surface area contributed by atoms with Gasteiger partial charge in [0.05, 0.1) is 5.69 Å². The summed E-state index contributed by atoms with van der Waals surface area (Å²) in [5, 5.41) is 4.37. The molecule has 0 atom stereocenters. The molecule has 0 radical (unpaired) electrons. The third-order valence-electron chi connectivity index (χ3n) is 3.82. The molecule has 1 aromatic heterocycles. The Hall–Kier alpha value is -1.03. The molecule has 2 heterocycles. The number of pyridine rings is 1. The van der Waals surface area contributed by atoms with Gasteiger partial charge in [-0.25, -0.2) is 0 Å². The van der Waals surface area contributed by atoms with Crippen LogP contribution in [-0.4, -0.2) is 18.1 Å². The number of hydrogen-bond acceptors (Lipinski definition) is 3. The molecule has 21 heavy (non-hydrogen) atoms. The quantitative estimate of drug-likeness (QED) is 0.926. The van der Waals surface area contributed by atoms with Crippen molar-refractivity contribution in [1.82, 2.24) is 10.3 Å². The van der Waals surface area contributed by atoms with Gasteiger partial charge >= 0.3 is 0 Å². The molecular formula is C17H19ClN2S. The van der Waals surface area contributed by atoms with E-state index in [0.29, 0.717) is 0 Å². The first-order chi connectivity index (χ1) is 10.3. The van der Waals surface area contributed by atoms with E-state index in [1.165, 1.54) is 16.7 Å². The second kappa shape index (κ2) is 7.30. The molecule has 0 bridgehead atoms. The van der Waals surface area contributed by atoms with Gasteiger partial charge in [0.1, 0.15) is 0 Å². The van der Waals surface area contributed by atoms with Gasteiger partial charge in [-0.05, 0) is 60.8 Å². The maximum absolute atomic E-state index is 6.45. The monoisotopic (exact) mass is 318 g/mol. The lowest BCUT2D eigenvalue weighted by molar-refractivity contribution is 0.710. The number of hydrogen-bond donors (Lipinski definition) is 1. The molecule has 0 amide bonds. The van der Waals surface area contributed by atoms with Crippen molar-refractivity contribution in [2.75, 3.05) is 13.1 Å². The summed E-state index contributed by atoms with van der Waals surface area (Å²) in [6, 6.07) is 10.3. The summed E-state index contributed by atoms with van der Waals surface area (Å²) in [5.41, 5.74) is 5.36. The predicted octanol–water partition coefficient (Wildman–Crippen LogP) is 3.86. The van der Waals surface area contributed by atoms with Crippen LogP contribution in [0.5, 0.6) is 0 Å². The van der Waals surface area contributed by atoms with Gasteiger partial charge < -0.3 is 5.32 Å². The first-order valence-electron chi connectivity index (χ1n) is 7.32. The summed E-state index contributed by atoms with van der Waals surface area (Å²) in [6.45, 7) is 2.11. The molecule has 1 aromatic carbocycles. The Kier molecular flexibility index (Phi) is 5.17. The topological polar surface area (TPSA) is 24.9 Å². The van der Waals surface area contributed by atoms with E-state index in [2.05, 4.69) is 28.5 Å². The van der Waals surface area contributed by atoms with Gasteiger partial charge in [0.2, 0.25) is 0 Å². The Balaban J connectivity index is 1.72. The average molecular weight is 319 g/mol. The van der Waals surface area contributed by atoms with Gasteiger partial charge in [-0.3, -0.25) is 4.98 Å². The van der Waals surface area contributed by atoms with E-state index in [0.717, 1.165) is 48.2 Å². The summed E-state index contributed by atoms with van der Waals surface area (Å²) < 4.78 is 0. The van der Waals surface area contributed by atoms with Crippen molar-refractivity contribution >= 4 is 23.4 Å². The van der Waals surface area contributed by atoms with Gasteiger partial charge in [-0.1, -0.05) is 23.7 Å². The zero-order chi connectivity index (χ0) is 14.5. The largest absolute Gasteiger partial charge is 0.316 e. The SMILES string of the molecule is Clc1ccc2c(c1CSCc1ccccn1)CCNCC2. The summed E-state index contributed by atoms with van der Waals surface area (Å²) in [6.07, 6.45) is 4.03. The van der Waals surface area contributed by atoms with Crippen molar-refractivity contribution in [2.45, 2.75) is 24.3 Å². The molecule has 0 saturated carbocycles. The number of nitrogens with zero attached hydrogens (tertiary/aromatic N) is 1. The lowest BCUT2D eigenvalue weighted by atomic mass is 9.98. The number of thioether (sulfide) groups is 1. The van der Waals surface area contributed by atoms with Gasteiger partial charge in [-0.15, -0.1) is 0 Å². The minimum atomic E-state index is 0.907. The Morgan fingerprint density at radius 1 is 1.10 bits per heavy atom. The van der Waals surface area contributed by atoms with E-state index < -0.39 is 0 Å². The van der Waals surface area contributed by atoms with Crippen LogP contribution in [0.1, 0.15) is 22.4 Å². The van der Waals surface area contributed by atoms with Gasteiger partial charge in [-0.2, -0.15) is 11.8 Å². The van der Waals surface area contributed by atoms with Crippen LogP contribution in [0, 0.1) is 0 Å². The normalized spacial score (nSPS) is 14.5. The van der Waals surface area contributed by atoms with Crippen LogP contribution in [0.4, 0.5) is 0 Å². The van der Waals surface area contributed by atoms with Crippen molar-refractivity contribution < 1.29 is 0 Å². The first-order valence-corrected chi connectivity index (χ1v) is 8.85. The van der Waals surface area contributed by atoms with Crippen LogP contribution in [0.15, 0.2) is 36.5 Å². The Morgan fingerprint density at radius 3 is 2.86 bits per heavy atom. The van der Waals surface area contributed by atoms with Crippen LogP contribution in [0.25, 0.3) is 0 Å². The molecule has 3 rings (SSSR count). The summed E-state index contributed by atoms with van der Waals surface area (Å²) in [5.74, 6) is 1.89. The first kappa shape index (κ1) is 14.9. The smallest absolute Gasteiger partial charge is 0.0502 e. The number of nitrogens with one attached hydrogen (secondary N) is 1. The van der Waals surface area contributed by atoms with Crippen molar-refractivity contribution in [3.05, 3.63) is 63.9 Å². The molecule has 110 valence electrons. The average Bonchev–Trinajstić information content (AvgIpc) is 2.76. The molecule has 2 nitrogen and oxygen atoms in total.